The van der Waals surface area contributed by atoms with Gasteiger partial charge in [0.25, 0.3) is 0 Å². The maximum atomic E-state index is 13.3. The fourth-order valence-electron chi connectivity index (χ4n) is 2.13. The first-order valence-electron chi connectivity index (χ1n) is 5.99. The minimum atomic E-state index is -0.287. The van der Waals surface area contributed by atoms with Crippen LogP contribution in [-0.4, -0.2) is 7.11 Å². The minimum Gasteiger partial charge on any atom is -0.497 e. The van der Waals surface area contributed by atoms with Crippen LogP contribution in [0.15, 0.2) is 42.5 Å². The first kappa shape index (κ1) is 12.6. The molecule has 2 aromatic carbocycles. The highest BCUT2D eigenvalue weighted by Gasteiger charge is 2.14. The van der Waals surface area contributed by atoms with Crippen LogP contribution >= 0.6 is 11.3 Å². The van der Waals surface area contributed by atoms with E-state index in [-0.39, 0.29) is 5.82 Å². The van der Waals surface area contributed by atoms with Gasteiger partial charge >= 0.3 is 0 Å². The Morgan fingerprint density at radius 1 is 1.15 bits per heavy atom. The number of halogens is 1. The smallest absolute Gasteiger partial charge is 0.124 e. The van der Waals surface area contributed by atoms with Crippen LogP contribution < -0.4 is 4.74 Å². The standard InChI is InChI=1S/C16H10FNOS/c1-19-12-5-2-10(3-6-12)16-14(9-18)13-7-4-11(17)8-15(13)20-16/h2-8H,1H3. The van der Waals surface area contributed by atoms with Gasteiger partial charge in [-0.1, -0.05) is 0 Å². The zero-order valence-corrected chi connectivity index (χ0v) is 11.5. The third-order valence-electron chi connectivity index (χ3n) is 3.12. The van der Waals surface area contributed by atoms with Crippen molar-refractivity contribution < 1.29 is 9.13 Å². The molecule has 0 radical (unpaired) electrons. The molecule has 0 aliphatic heterocycles. The number of fused-ring (bicyclic) bond motifs is 1. The Morgan fingerprint density at radius 2 is 1.90 bits per heavy atom. The monoisotopic (exact) mass is 283 g/mol. The summed E-state index contributed by atoms with van der Waals surface area (Å²) in [5.74, 6) is 0.476. The molecule has 0 saturated carbocycles. The average Bonchev–Trinajstić information content (AvgIpc) is 2.84. The molecule has 0 aliphatic carbocycles. The van der Waals surface area contributed by atoms with Crippen molar-refractivity contribution in [1.82, 2.24) is 0 Å². The Kier molecular flexibility index (Phi) is 3.13. The summed E-state index contributed by atoms with van der Waals surface area (Å²) in [4.78, 5) is 0.857. The molecule has 3 aromatic rings. The Hall–Kier alpha value is -2.38. The van der Waals surface area contributed by atoms with Crippen molar-refractivity contribution in [3.63, 3.8) is 0 Å². The predicted octanol–water partition coefficient (Wildman–Crippen LogP) is 4.59. The maximum absolute atomic E-state index is 13.3. The summed E-state index contributed by atoms with van der Waals surface area (Å²) < 4.78 is 19.2. The Labute approximate surface area is 119 Å². The van der Waals surface area contributed by atoms with Gasteiger partial charge in [-0.15, -0.1) is 11.3 Å². The molecule has 0 aliphatic rings. The third-order valence-corrected chi connectivity index (χ3v) is 4.32. The molecule has 0 bridgehead atoms. The minimum absolute atomic E-state index is 0.287. The van der Waals surface area contributed by atoms with E-state index in [0.717, 1.165) is 26.3 Å². The summed E-state index contributed by atoms with van der Waals surface area (Å²) in [5, 5.41) is 10.2. The molecule has 4 heteroatoms. The van der Waals surface area contributed by atoms with E-state index in [1.165, 1.54) is 23.5 Å². The van der Waals surface area contributed by atoms with Crippen LogP contribution in [-0.2, 0) is 0 Å². The molecule has 0 atom stereocenters. The van der Waals surface area contributed by atoms with Crippen molar-refractivity contribution in [2.75, 3.05) is 7.11 Å². The lowest BCUT2D eigenvalue weighted by atomic mass is 10.1. The number of rotatable bonds is 2. The van der Waals surface area contributed by atoms with Crippen LogP contribution in [0.2, 0.25) is 0 Å². The predicted molar refractivity (Wildman–Crippen MR) is 78.5 cm³/mol. The second-order valence-electron chi connectivity index (χ2n) is 4.29. The zero-order chi connectivity index (χ0) is 14.1. The van der Waals surface area contributed by atoms with Crippen LogP contribution in [0.3, 0.4) is 0 Å². The Morgan fingerprint density at radius 3 is 2.55 bits per heavy atom. The molecule has 1 aromatic heterocycles. The van der Waals surface area contributed by atoms with Crippen LogP contribution in [0, 0.1) is 17.1 Å². The number of nitriles is 1. The second-order valence-corrected chi connectivity index (χ2v) is 5.34. The van der Waals surface area contributed by atoms with Gasteiger partial charge in [-0.25, -0.2) is 4.39 Å². The largest absolute Gasteiger partial charge is 0.497 e. The van der Waals surface area contributed by atoms with Gasteiger partial charge in [0.05, 0.1) is 17.6 Å². The summed E-state index contributed by atoms with van der Waals surface area (Å²) in [6, 6.07) is 14.2. The summed E-state index contributed by atoms with van der Waals surface area (Å²) in [6.45, 7) is 0. The van der Waals surface area contributed by atoms with E-state index < -0.39 is 0 Å². The van der Waals surface area contributed by atoms with Crippen molar-refractivity contribution in [2.24, 2.45) is 0 Å². The Balaban J connectivity index is 2.22. The molecule has 2 nitrogen and oxygen atoms in total. The van der Waals surface area contributed by atoms with Crippen molar-refractivity contribution in [1.29, 1.82) is 5.26 Å². The highest BCUT2D eigenvalue weighted by Crippen LogP contribution is 2.38. The Bertz CT molecular complexity index is 815. The molecular formula is C16H10FNOS. The third kappa shape index (κ3) is 2.02. The van der Waals surface area contributed by atoms with Gasteiger partial charge in [0.15, 0.2) is 0 Å². The van der Waals surface area contributed by atoms with E-state index in [9.17, 15) is 9.65 Å². The molecular weight excluding hydrogens is 273 g/mol. The average molecular weight is 283 g/mol. The van der Waals surface area contributed by atoms with Crippen LogP contribution in [0.5, 0.6) is 5.75 Å². The van der Waals surface area contributed by atoms with E-state index >= 15 is 0 Å². The fourth-order valence-corrected chi connectivity index (χ4v) is 3.31. The number of hydrogen-bond acceptors (Lipinski definition) is 3. The summed E-state index contributed by atoms with van der Waals surface area (Å²) in [6.07, 6.45) is 0. The van der Waals surface area contributed by atoms with Gasteiger partial charge in [0.1, 0.15) is 17.6 Å². The highest BCUT2D eigenvalue weighted by atomic mass is 32.1. The molecule has 98 valence electrons. The molecule has 0 saturated heterocycles. The molecule has 0 unspecified atom stereocenters. The molecule has 0 spiro atoms. The van der Waals surface area contributed by atoms with Crippen LogP contribution in [0.4, 0.5) is 4.39 Å². The molecule has 1 heterocycles. The summed E-state index contributed by atoms with van der Waals surface area (Å²) in [7, 11) is 1.61. The first-order valence-corrected chi connectivity index (χ1v) is 6.81. The van der Waals surface area contributed by atoms with E-state index in [4.69, 9.17) is 4.74 Å². The van der Waals surface area contributed by atoms with Crippen molar-refractivity contribution >= 4 is 21.4 Å². The molecule has 0 fully saturated rings. The van der Waals surface area contributed by atoms with Crippen molar-refractivity contribution in [2.45, 2.75) is 0 Å². The number of thiophene rings is 1. The normalized spacial score (nSPS) is 10.4. The zero-order valence-electron chi connectivity index (χ0n) is 10.7. The van der Waals surface area contributed by atoms with Gasteiger partial charge in [-0.05, 0) is 48.0 Å². The molecule has 0 N–H and O–H groups in total. The van der Waals surface area contributed by atoms with Gasteiger partial charge in [0, 0.05) is 10.1 Å². The molecule has 3 rings (SSSR count). The van der Waals surface area contributed by atoms with Crippen LogP contribution in [0.1, 0.15) is 5.56 Å². The lowest BCUT2D eigenvalue weighted by Crippen LogP contribution is -1.82. The SMILES string of the molecule is COc1ccc(-c2sc3cc(F)ccc3c2C#N)cc1. The van der Waals surface area contributed by atoms with Crippen molar-refractivity contribution in [3.05, 3.63) is 53.8 Å². The van der Waals surface area contributed by atoms with Crippen molar-refractivity contribution in [3.8, 4) is 22.3 Å². The van der Waals surface area contributed by atoms with E-state index in [0.29, 0.717) is 5.56 Å². The van der Waals surface area contributed by atoms with Gasteiger partial charge < -0.3 is 4.74 Å². The maximum Gasteiger partial charge on any atom is 0.124 e. The second kappa shape index (κ2) is 4.95. The summed E-state index contributed by atoms with van der Waals surface area (Å²) in [5.41, 5.74) is 1.53. The lowest BCUT2D eigenvalue weighted by Gasteiger charge is -2.01. The quantitative estimate of drug-likeness (QED) is 0.689. The molecule has 0 amide bonds. The summed E-state index contributed by atoms with van der Waals surface area (Å²) >= 11 is 1.43. The highest BCUT2D eigenvalue weighted by molar-refractivity contribution is 7.22. The van der Waals surface area contributed by atoms with Gasteiger partial charge in [-0.2, -0.15) is 5.26 Å². The first-order chi connectivity index (χ1) is 9.72. The lowest BCUT2D eigenvalue weighted by molar-refractivity contribution is 0.415. The van der Waals surface area contributed by atoms with Crippen LogP contribution in [0.25, 0.3) is 20.5 Å². The van der Waals surface area contributed by atoms with Gasteiger partial charge in [-0.3, -0.25) is 0 Å². The number of benzene rings is 2. The van der Waals surface area contributed by atoms with E-state index in [1.807, 2.05) is 24.3 Å². The number of nitrogens with zero attached hydrogens (tertiary/aromatic N) is 1. The van der Waals surface area contributed by atoms with E-state index in [1.54, 1.807) is 13.2 Å². The fraction of sp³-hybridized carbons (Fsp3) is 0.0625. The van der Waals surface area contributed by atoms with Gasteiger partial charge in [0.2, 0.25) is 0 Å². The number of hydrogen-bond donors (Lipinski definition) is 0. The topological polar surface area (TPSA) is 33.0 Å². The molecule has 20 heavy (non-hydrogen) atoms. The number of ether oxygens (including phenoxy) is 1. The number of methoxy groups -OCH3 is 1. The van der Waals surface area contributed by atoms with E-state index in [2.05, 4.69) is 6.07 Å².